The van der Waals surface area contributed by atoms with E-state index in [9.17, 15) is 4.79 Å². The summed E-state index contributed by atoms with van der Waals surface area (Å²) in [6.45, 7) is 5.31. The fraction of sp³-hybridized carbons (Fsp3) is 0.333. The van der Waals surface area contributed by atoms with Crippen LogP contribution in [0.5, 0.6) is 5.75 Å². The molecule has 1 aliphatic rings. The van der Waals surface area contributed by atoms with E-state index in [1.807, 2.05) is 25.3 Å². The Morgan fingerprint density at radius 1 is 1.31 bits per heavy atom. The van der Waals surface area contributed by atoms with Gasteiger partial charge < -0.3 is 14.1 Å². The Bertz CT molecular complexity index is 996. The minimum Gasteiger partial charge on any atom is -0.472 e. The molecule has 0 amide bonds. The van der Waals surface area contributed by atoms with Crippen LogP contribution in [0, 0.1) is 6.92 Å². The lowest BCUT2D eigenvalue weighted by atomic mass is 9.98. The topological polar surface area (TPSA) is 55.6 Å². The predicted octanol–water partition coefficient (Wildman–Crippen LogP) is 4.20. The molecule has 0 N–H and O–H groups in total. The number of anilines is 1. The standard InChI is InChI=1S/C21H22N2O3/c1-3-4-6-15-10-19(24)26-21-14(2)20-16(9-18(15)21)12-23(13-25-20)17-7-5-8-22-11-17/h5,7-11H,3-4,6,12-13H2,1-2H3. The number of fused-ring (bicyclic) bond motifs is 2. The lowest BCUT2D eigenvalue weighted by Crippen LogP contribution is -2.32. The largest absolute Gasteiger partial charge is 0.472 e. The van der Waals surface area contributed by atoms with Crippen molar-refractivity contribution >= 4 is 16.7 Å². The molecule has 1 aromatic carbocycles. The van der Waals surface area contributed by atoms with Crippen LogP contribution in [0.4, 0.5) is 5.69 Å². The van der Waals surface area contributed by atoms with E-state index in [2.05, 4.69) is 22.9 Å². The molecule has 0 saturated heterocycles. The van der Waals surface area contributed by atoms with Crippen molar-refractivity contribution in [1.82, 2.24) is 4.98 Å². The third-order valence-electron chi connectivity index (χ3n) is 4.91. The number of aromatic nitrogens is 1. The van der Waals surface area contributed by atoms with E-state index in [4.69, 9.17) is 9.15 Å². The Morgan fingerprint density at radius 3 is 2.96 bits per heavy atom. The molecule has 3 heterocycles. The number of benzene rings is 1. The summed E-state index contributed by atoms with van der Waals surface area (Å²) in [5, 5.41) is 1.02. The minimum absolute atomic E-state index is 0.292. The summed E-state index contributed by atoms with van der Waals surface area (Å²) in [6.07, 6.45) is 6.62. The summed E-state index contributed by atoms with van der Waals surface area (Å²) < 4.78 is 11.6. The molecule has 2 aromatic heterocycles. The molecule has 0 spiro atoms. The number of pyridine rings is 1. The van der Waals surface area contributed by atoms with Crippen LogP contribution in [0.25, 0.3) is 11.0 Å². The van der Waals surface area contributed by atoms with E-state index in [0.29, 0.717) is 12.3 Å². The zero-order valence-corrected chi connectivity index (χ0v) is 15.1. The summed E-state index contributed by atoms with van der Waals surface area (Å²) in [6, 6.07) is 7.70. The van der Waals surface area contributed by atoms with Crippen molar-refractivity contribution in [3.05, 3.63) is 63.8 Å². The molecule has 5 nitrogen and oxygen atoms in total. The molecule has 3 aromatic rings. The van der Waals surface area contributed by atoms with Crippen molar-refractivity contribution < 1.29 is 9.15 Å². The van der Waals surface area contributed by atoms with Crippen LogP contribution in [0.1, 0.15) is 36.5 Å². The number of ether oxygens (including phenoxy) is 1. The summed E-state index contributed by atoms with van der Waals surface area (Å²) >= 11 is 0. The third kappa shape index (κ3) is 2.94. The van der Waals surface area contributed by atoms with E-state index >= 15 is 0 Å². The van der Waals surface area contributed by atoms with E-state index in [1.165, 1.54) is 0 Å². The van der Waals surface area contributed by atoms with E-state index in [1.54, 1.807) is 12.3 Å². The molecule has 0 fully saturated rings. The van der Waals surface area contributed by atoms with E-state index < -0.39 is 0 Å². The lowest BCUT2D eigenvalue weighted by molar-refractivity contribution is 0.287. The highest BCUT2D eigenvalue weighted by Gasteiger charge is 2.23. The minimum atomic E-state index is -0.292. The van der Waals surface area contributed by atoms with Crippen molar-refractivity contribution in [1.29, 1.82) is 0 Å². The Balaban J connectivity index is 1.81. The maximum atomic E-state index is 12.0. The van der Waals surface area contributed by atoms with Gasteiger partial charge in [-0.25, -0.2) is 4.79 Å². The third-order valence-corrected chi connectivity index (χ3v) is 4.91. The van der Waals surface area contributed by atoms with Gasteiger partial charge in [0.15, 0.2) is 6.73 Å². The highest BCUT2D eigenvalue weighted by atomic mass is 16.5. The van der Waals surface area contributed by atoms with Crippen molar-refractivity contribution in [2.75, 3.05) is 11.6 Å². The summed E-state index contributed by atoms with van der Waals surface area (Å²) in [4.78, 5) is 18.3. The second-order valence-corrected chi connectivity index (χ2v) is 6.74. The average molecular weight is 350 g/mol. The Morgan fingerprint density at radius 2 is 2.19 bits per heavy atom. The van der Waals surface area contributed by atoms with Gasteiger partial charge >= 0.3 is 5.63 Å². The van der Waals surface area contributed by atoms with Crippen LogP contribution in [0.2, 0.25) is 0 Å². The van der Waals surface area contributed by atoms with Crippen LogP contribution in [-0.4, -0.2) is 11.7 Å². The van der Waals surface area contributed by atoms with Gasteiger partial charge in [0.05, 0.1) is 11.9 Å². The van der Waals surface area contributed by atoms with Gasteiger partial charge in [-0.05, 0) is 43.5 Å². The van der Waals surface area contributed by atoms with Crippen molar-refractivity contribution in [2.24, 2.45) is 0 Å². The quantitative estimate of drug-likeness (QED) is 0.660. The fourth-order valence-corrected chi connectivity index (χ4v) is 3.56. The second-order valence-electron chi connectivity index (χ2n) is 6.74. The molecule has 0 atom stereocenters. The van der Waals surface area contributed by atoms with Gasteiger partial charge in [0, 0.05) is 35.3 Å². The lowest BCUT2D eigenvalue weighted by Gasteiger charge is -2.31. The van der Waals surface area contributed by atoms with Gasteiger partial charge in [-0.15, -0.1) is 0 Å². The van der Waals surface area contributed by atoms with Crippen molar-refractivity contribution in [3.8, 4) is 5.75 Å². The first-order chi connectivity index (χ1) is 12.7. The zero-order valence-electron chi connectivity index (χ0n) is 15.1. The molecule has 0 unspecified atom stereocenters. The van der Waals surface area contributed by atoms with Crippen LogP contribution in [0.3, 0.4) is 0 Å². The Labute approximate surface area is 152 Å². The summed E-state index contributed by atoms with van der Waals surface area (Å²) in [7, 11) is 0. The molecule has 0 aliphatic carbocycles. The van der Waals surface area contributed by atoms with Crippen LogP contribution in [-0.2, 0) is 13.0 Å². The molecule has 4 rings (SSSR count). The van der Waals surface area contributed by atoms with E-state index in [0.717, 1.165) is 59.3 Å². The van der Waals surface area contributed by atoms with Gasteiger partial charge in [0.2, 0.25) is 0 Å². The number of aryl methyl sites for hydroxylation is 2. The second kappa shape index (κ2) is 6.83. The molecule has 1 aliphatic heterocycles. The SMILES string of the molecule is CCCCc1cc(=O)oc2c(C)c3c(cc12)CN(c1cccnc1)CO3. The van der Waals surface area contributed by atoms with Gasteiger partial charge in [-0.2, -0.15) is 0 Å². The summed E-state index contributed by atoms with van der Waals surface area (Å²) in [5.41, 5.74) is 4.45. The van der Waals surface area contributed by atoms with Gasteiger partial charge in [-0.3, -0.25) is 4.98 Å². The van der Waals surface area contributed by atoms with Crippen molar-refractivity contribution in [2.45, 2.75) is 39.7 Å². The van der Waals surface area contributed by atoms with Gasteiger partial charge in [-0.1, -0.05) is 13.3 Å². The smallest absolute Gasteiger partial charge is 0.336 e. The molecule has 0 radical (unpaired) electrons. The number of hydrogen-bond acceptors (Lipinski definition) is 5. The van der Waals surface area contributed by atoms with Gasteiger partial charge in [0.25, 0.3) is 0 Å². The Kier molecular flexibility index (Phi) is 4.37. The molecule has 0 bridgehead atoms. The maximum Gasteiger partial charge on any atom is 0.336 e. The number of hydrogen-bond donors (Lipinski definition) is 0. The predicted molar refractivity (Wildman–Crippen MR) is 102 cm³/mol. The van der Waals surface area contributed by atoms with Gasteiger partial charge in [0.1, 0.15) is 11.3 Å². The highest BCUT2D eigenvalue weighted by molar-refractivity contribution is 5.86. The molecule has 134 valence electrons. The highest BCUT2D eigenvalue weighted by Crippen LogP contribution is 2.36. The average Bonchev–Trinajstić information content (AvgIpc) is 2.67. The van der Waals surface area contributed by atoms with Crippen molar-refractivity contribution in [3.63, 3.8) is 0 Å². The zero-order chi connectivity index (χ0) is 18.1. The maximum absolute atomic E-state index is 12.0. The van der Waals surface area contributed by atoms with E-state index in [-0.39, 0.29) is 5.63 Å². The Hall–Kier alpha value is -2.82. The van der Waals surface area contributed by atoms with Crippen LogP contribution in [0.15, 0.2) is 45.9 Å². The summed E-state index contributed by atoms with van der Waals surface area (Å²) in [5.74, 6) is 0.827. The molecular weight excluding hydrogens is 328 g/mol. The first-order valence-electron chi connectivity index (χ1n) is 9.04. The fourth-order valence-electron chi connectivity index (χ4n) is 3.56. The monoisotopic (exact) mass is 350 g/mol. The molecule has 5 heteroatoms. The first-order valence-corrected chi connectivity index (χ1v) is 9.04. The number of rotatable bonds is 4. The molecule has 26 heavy (non-hydrogen) atoms. The number of nitrogens with zero attached hydrogens (tertiary/aromatic N) is 2. The van der Waals surface area contributed by atoms with Crippen LogP contribution >= 0.6 is 0 Å². The number of unbranched alkanes of at least 4 members (excludes halogenated alkanes) is 1. The van der Waals surface area contributed by atoms with Crippen LogP contribution < -0.4 is 15.3 Å². The first kappa shape index (κ1) is 16.6. The normalized spacial score (nSPS) is 13.5. The molecular formula is C21H22N2O3. The molecule has 0 saturated carbocycles.